The summed E-state index contributed by atoms with van der Waals surface area (Å²) in [5, 5.41) is 11.3. The average molecular weight is 339 g/mol. The molecule has 0 amide bonds. The van der Waals surface area contributed by atoms with Crippen LogP contribution < -0.4 is 0 Å². The van der Waals surface area contributed by atoms with Gasteiger partial charge in [0.25, 0.3) is 0 Å². The molecule has 0 rings (SSSR count). The van der Waals surface area contributed by atoms with Crippen molar-refractivity contribution in [2.24, 2.45) is 0 Å². The van der Waals surface area contributed by atoms with E-state index >= 15 is 0 Å². The Morgan fingerprint density at radius 2 is 1.33 bits per heavy atom. The van der Waals surface area contributed by atoms with E-state index in [4.69, 9.17) is 14.2 Å². The normalized spacial score (nSPS) is 11.5. The summed E-state index contributed by atoms with van der Waals surface area (Å²) in [5.41, 5.74) is 0. The van der Waals surface area contributed by atoms with Crippen LogP contribution in [0.1, 0.15) is 41.5 Å². The van der Waals surface area contributed by atoms with Gasteiger partial charge in [-0.05, 0) is 41.5 Å². The summed E-state index contributed by atoms with van der Waals surface area (Å²) < 4.78 is 15.7. The van der Waals surface area contributed by atoms with Gasteiger partial charge in [0.15, 0.2) is 0 Å². The predicted octanol–water partition coefficient (Wildman–Crippen LogP) is 2.19. The van der Waals surface area contributed by atoms with Crippen LogP contribution in [-0.2, 0) is 44.2 Å². The van der Waals surface area contributed by atoms with Gasteiger partial charge in [-0.1, -0.05) is 0 Å². The predicted molar refractivity (Wildman–Crippen MR) is 74.8 cm³/mol. The molecule has 0 heterocycles. The first-order valence-corrected chi connectivity index (χ1v) is 8.42. The van der Waals surface area contributed by atoms with Crippen molar-refractivity contribution < 1.29 is 49.3 Å². The Hall–Kier alpha value is -0.266. The number of ether oxygens (including phenoxy) is 3. The summed E-state index contributed by atoms with van der Waals surface area (Å²) in [6.45, 7) is 9.68. The van der Waals surface area contributed by atoms with Crippen molar-refractivity contribution in [3.8, 4) is 0 Å². The van der Waals surface area contributed by atoms with Crippen LogP contribution in [-0.4, -0.2) is 47.6 Å². The number of hydrogen-bond donors (Lipinski definition) is 1. The van der Waals surface area contributed by atoms with E-state index in [2.05, 4.69) is 0 Å². The maximum absolute atomic E-state index is 12.1. The molecule has 0 bridgehead atoms. The van der Waals surface area contributed by atoms with Crippen LogP contribution in [0.25, 0.3) is 0 Å². The second-order valence-corrected chi connectivity index (χ2v) is 5.04. The first-order chi connectivity index (χ1) is 9.61. The van der Waals surface area contributed by atoms with Gasteiger partial charge in [-0.3, -0.25) is 4.79 Å². The molecule has 0 spiro atoms. The first-order valence-electron chi connectivity index (χ1n) is 6.85. The van der Waals surface area contributed by atoms with E-state index in [9.17, 15) is 14.7 Å². The molecule has 0 radical (unpaired) electrons. The van der Waals surface area contributed by atoms with Gasteiger partial charge in [-0.2, -0.15) is 0 Å². The van der Waals surface area contributed by atoms with Crippen molar-refractivity contribution in [3.63, 3.8) is 0 Å². The Morgan fingerprint density at radius 3 is 1.57 bits per heavy atom. The van der Waals surface area contributed by atoms with E-state index in [1.165, 1.54) is 0 Å². The summed E-state index contributed by atoms with van der Waals surface area (Å²) in [6, 6.07) is 0. The number of Topliss-reactive ketones (excluding diaryl/α,β-unsaturated/α-hetero) is 1. The summed E-state index contributed by atoms with van der Waals surface area (Å²) in [7, 11) is 0. The zero-order chi connectivity index (χ0) is 17.2. The molecule has 6 nitrogen and oxygen atoms in total. The Kier molecular flexibility index (Phi) is 12.4. The molecule has 0 unspecified atom stereocenters. The second-order valence-electron chi connectivity index (χ2n) is 5.04. The van der Waals surface area contributed by atoms with Gasteiger partial charge in [0.2, 0.25) is 5.78 Å². The average Bonchev–Trinajstić information content (AvgIpc) is 2.35. The van der Waals surface area contributed by atoms with Crippen molar-refractivity contribution in [1.29, 1.82) is 0 Å². The summed E-state index contributed by atoms with van der Waals surface area (Å²) in [5.74, 6) is -4.53. The van der Waals surface area contributed by atoms with Crippen molar-refractivity contribution in [2.45, 2.75) is 70.9 Å². The molecule has 0 aliphatic rings. The molecule has 0 aliphatic carbocycles. The molecular weight excluding hydrogens is 312 g/mol. The molecule has 0 aromatic carbocycles. The molecule has 0 saturated carbocycles. The topological polar surface area (TPSA) is 82.1 Å². The van der Waals surface area contributed by atoms with Crippen LogP contribution >= 0.6 is 0 Å². The number of carboxylic acids is 1. The van der Waals surface area contributed by atoms with E-state index in [0.717, 1.165) is 0 Å². The third-order valence-corrected chi connectivity index (χ3v) is 2.00. The monoisotopic (exact) mass is 339 g/mol. The van der Waals surface area contributed by atoms with E-state index in [1.807, 2.05) is 25.7 Å². The van der Waals surface area contributed by atoms with Crippen molar-refractivity contribution in [1.82, 2.24) is 0 Å². The van der Waals surface area contributed by atoms with Crippen LogP contribution in [0.5, 0.6) is 0 Å². The first kappa shape index (κ1) is 23.0. The number of carbonyl (C=O) groups excluding carboxylic acids is 1. The van der Waals surface area contributed by atoms with Crippen molar-refractivity contribution >= 4 is 11.8 Å². The Bertz CT molecular complexity index is 305. The number of carbonyl (C=O) groups is 2. The van der Waals surface area contributed by atoms with Gasteiger partial charge in [-0.25, -0.2) is 4.79 Å². The molecule has 0 saturated heterocycles. The van der Waals surface area contributed by atoms with Crippen LogP contribution in [0.15, 0.2) is 0 Å². The standard InChI is InChI=1S/C13H24O6.CH3.Ti/c1-8(2)17-7-11(14)13(12(15)16,18-9(3)4)19-10(5)6;;/h8-10H,7H2,1-6H3,(H,15,16);1H3;. The summed E-state index contributed by atoms with van der Waals surface area (Å²) in [4.78, 5) is 23.6. The third-order valence-electron chi connectivity index (χ3n) is 2.00. The quantitative estimate of drug-likeness (QED) is 0.394. The molecule has 7 heteroatoms. The minimum absolute atomic E-state index is 0.187. The number of ketones is 1. The molecule has 1 N–H and O–H groups in total. The molecule has 0 aromatic rings. The molecule has 123 valence electrons. The molecule has 0 atom stereocenters. The van der Waals surface area contributed by atoms with Crippen LogP contribution in [0.2, 0.25) is 5.23 Å². The number of carboxylic acid groups (broad SMARTS) is 1. The van der Waals surface area contributed by atoms with Gasteiger partial charge in [0.05, 0.1) is 18.3 Å². The van der Waals surface area contributed by atoms with E-state index in [-0.39, 0.29) is 12.7 Å². The van der Waals surface area contributed by atoms with Crippen molar-refractivity contribution in [2.75, 3.05) is 6.61 Å². The summed E-state index contributed by atoms with van der Waals surface area (Å²) in [6.07, 6.45) is -1.13. The fourth-order valence-electron chi connectivity index (χ4n) is 1.38. The van der Waals surface area contributed by atoms with Gasteiger partial charge < -0.3 is 19.3 Å². The van der Waals surface area contributed by atoms with Gasteiger partial charge >= 0.3 is 37.4 Å². The van der Waals surface area contributed by atoms with Crippen LogP contribution in [0.4, 0.5) is 0 Å². The number of rotatable bonds is 9. The van der Waals surface area contributed by atoms with Crippen molar-refractivity contribution in [3.05, 3.63) is 0 Å². The molecule has 21 heavy (non-hydrogen) atoms. The Morgan fingerprint density at radius 1 is 0.952 bits per heavy atom. The number of hydrogen-bond acceptors (Lipinski definition) is 5. The second kappa shape index (κ2) is 11.3. The number of aliphatic carboxylic acids is 1. The fraction of sp³-hybridized carbons (Fsp3) is 0.857. The van der Waals surface area contributed by atoms with E-state index < -0.39 is 29.7 Å². The summed E-state index contributed by atoms with van der Waals surface area (Å²) >= 11 is 2.00. The minimum atomic E-state index is -2.31. The van der Waals surface area contributed by atoms with E-state index in [1.54, 1.807) is 41.5 Å². The van der Waals surface area contributed by atoms with Crippen LogP contribution in [0.3, 0.4) is 0 Å². The fourth-order valence-corrected chi connectivity index (χ4v) is 1.38. The SMILES string of the molecule is CC(C)OCC(=O)C(OC(C)C)(OC(C)C)C(=O)O.[CH3][Ti]. The van der Waals surface area contributed by atoms with Gasteiger partial charge in [-0.15, -0.1) is 0 Å². The molecular formula is C14H27O6Ti. The Labute approximate surface area is 138 Å². The van der Waals surface area contributed by atoms with E-state index in [0.29, 0.717) is 0 Å². The van der Waals surface area contributed by atoms with Crippen LogP contribution in [0, 0.1) is 0 Å². The molecule has 0 aliphatic heterocycles. The zero-order valence-electron chi connectivity index (χ0n) is 13.9. The maximum atomic E-state index is 12.1. The van der Waals surface area contributed by atoms with Gasteiger partial charge in [0.1, 0.15) is 6.61 Å². The zero-order valence-corrected chi connectivity index (χ0v) is 15.5. The third kappa shape index (κ3) is 8.68. The molecule has 0 fully saturated rings. The van der Waals surface area contributed by atoms with Gasteiger partial charge in [0, 0.05) is 0 Å². The Balaban J connectivity index is 0. The molecule has 0 aromatic heterocycles.